The largest absolute Gasteiger partial charge is 0.494 e. The van der Waals surface area contributed by atoms with E-state index in [2.05, 4.69) is 10.0 Å². The van der Waals surface area contributed by atoms with Crippen molar-refractivity contribution in [2.75, 3.05) is 18.4 Å². The number of carbonyl (C=O) groups is 2. The monoisotopic (exact) mass is 448 g/mol. The van der Waals surface area contributed by atoms with Crippen LogP contribution in [0.15, 0.2) is 53.4 Å². The Kier molecular flexibility index (Phi) is 8.04. The Balaban J connectivity index is 2.14. The van der Waals surface area contributed by atoms with E-state index in [0.717, 1.165) is 0 Å². The van der Waals surface area contributed by atoms with Gasteiger partial charge in [-0.05, 0) is 68.8 Å². The molecule has 1 amide bonds. The SMILES string of the molecule is CCCC(C)(NC(=O)c1ccc(S(=O)(=O)Nc2ccc(OCC)cc2)cc1)C(=O)OC. The molecule has 0 aliphatic rings. The van der Waals surface area contributed by atoms with Crippen LogP contribution in [0.1, 0.15) is 44.0 Å². The van der Waals surface area contributed by atoms with Gasteiger partial charge in [0.05, 0.1) is 18.6 Å². The van der Waals surface area contributed by atoms with Crippen LogP contribution in [0, 0.1) is 0 Å². The third kappa shape index (κ3) is 6.21. The second kappa shape index (κ2) is 10.3. The summed E-state index contributed by atoms with van der Waals surface area (Å²) in [5.74, 6) is -0.394. The van der Waals surface area contributed by atoms with Gasteiger partial charge in [-0.2, -0.15) is 0 Å². The van der Waals surface area contributed by atoms with E-state index in [1.54, 1.807) is 31.2 Å². The third-order valence-corrected chi connectivity index (χ3v) is 6.02. The topological polar surface area (TPSA) is 111 Å². The number of nitrogens with one attached hydrogen (secondary N) is 2. The smallest absolute Gasteiger partial charge is 0.331 e. The summed E-state index contributed by atoms with van der Waals surface area (Å²) in [5, 5.41) is 2.68. The number of rotatable bonds is 10. The van der Waals surface area contributed by atoms with Gasteiger partial charge in [-0.25, -0.2) is 13.2 Å². The summed E-state index contributed by atoms with van der Waals surface area (Å²) in [5.41, 5.74) is -0.550. The fraction of sp³-hybridized carbons (Fsp3) is 0.364. The minimum atomic E-state index is -3.84. The van der Waals surface area contributed by atoms with Gasteiger partial charge in [0.15, 0.2) is 0 Å². The molecule has 31 heavy (non-hydrogen) atoms. The van der Waals surface area contributed by atoms with Crippen LogP contribution in [0.5, 0.6) is 5.75 Å². The Hall–Kier alpha value is -3.07. The molecule has 0 heterocycles. The fourth-order valence-electron chi connectivity index (χ4n) is 3.05. The lowest BCUT2D eigenvalue weighted by molar-refractivity contribution is -0.147. The highest BCUT2D eigenvalue weighted by molar-refractivity contribution is 7.92. The first kappa shape index (κ1) is 24.2. The number of hydrogen-bond donors (Lipinski definition) is 2. The second-order valence-electron chi connectivity index (χ2n) is 7.12. The van der Waals surface area contributed by atoms with Crippen molar-refractivity contribution in [1.82, 2.24) is 5.32 Å². The maximum atomic E-state index is 12.6. The van der Waals surface area contributed by atoms with Gasteiger partial charge in [0.1, 0.15) is 11.3 Å². The Morgan fingerprint density at radius 2 is 1.61 bits per heavy atom. The molecule has 0 bridgehead atoms. The van der Waals surface area contributed by atoms with Crippen LogP contribution in [0.25, 0.3) is 0 Å². The molecule has 1 atom stereocenters. The fourth-order valence-corrected chi connectivity index (χ4v) is 4.11. The molecule has 2 aromatic carbocycles. The maximum Gasteiger partial charge on any atom is 0.331 e. The van der Waals surface area contributed by atoms with Gasteiger partial charge >= 0.3 is 5.97 Å². The van der Waals surface area contributed by atoms with Crippen molar-refractivity contribution in [2.24, 2.45) is 0 Å². The van der Waals surface area contributed by atoms with E-state index < -0.39 is 27.4 Å². The van der Waals surface area contributed by atoms with Gasteiger partial charge in [0, 0.05) is 11.3 Å². The van der Waals surface area contributed by atoms with Crippen molar-refractivity contribution in [2.45, 2.75) is 44.0 Å². The lowest BCUT2D eigenvalue weighted by Crippen LogP contribution is -2.52. The summed E-state index contributed by atoms with van der Waals surface area (Å²) in [6.45, 7) is 5.87. The predicted octanol–water partition coefficient (Wildman–Crippen LogP) is 3.35. The molecule has 0 saturated carbocycles. The van der Waals surface area contributed by atoms with Crippen LogP contribution < -0.4 is 14.8 Å². The Labute approximate surface area is 183 Å². The van der Waals surface area contributed by atoms with E-state index in [-0.39, 0.29) is 10.5 Å². The molecule has 2 rings (SSSR count). The molecule has 1 unspecified atom stereocenters. The highest BCUT2D eigenvalue weighted by Crippen LogP contribution is 2.21. The van der Waals surface area contributed by atoms with E-state index >= 15 is 0 Å². The van der Waals surface area contributed by atoms with Gasteiger partial charge in [-0.1, -0.05) is 13.3 Å². The summed E-state index contributed by atoms with van der Waals surface area (Å²) in [7, 11) is -2.58. The van der Waals surface area contributed by atoms with Crippen LogP contribution in [-0.4, -0.2) is 39.5 Å². The number of carbonyl (C=O) groups excluding carboxylic acids is 2. The second-order valence-corrected chi connectivity index (χ2v) is 8.80. The zero-order valence-electron chi connectivity index (χ0n) is 18.1. The number of ether oxygens (including phenoxy) is 2. The van der Waals surface area contributed by atoms with E-state index in [4.69, 9.17) is 9.47 Å². The van der Waals surface area contributed by atoms with Crippen LogP contribution >= 0.6 is 0 Å². The lowest BCUT2D eigenvalue weighted by atomic mass is 9.95. The first-order chi connectivity index (χ1) is 14.6. The van der Waals surface area contributed by atoms with E-state index in [1.165, 1.54) is 31.4 Å². The van der Waals surface area contributed by atoms with Gasteiger partial charge in [-0.3, -0.25) is 9.52 Å². The predicted molar refractivity (Wildman–Crippen MR) is 118 cm³/mol. The minimum Gasteiger partial charge on any atom is -0.494 e. The molecule has 2 N–H and O–H groups in total. The molecule has 9 heteroatoms. The van der Waals surface area contributed by atoms with Crippen LogP contribution in [0.2, 0.25) is 0 Å². The van der Waals surface area contributed by atoms with E-state index in [0.29, 0.717) is 30.9 Å². The van der Waals surface area contributed by atoms with Crippen LogP contribution in [0.3, 0.4) is 0 Å². The Bertz CT molecular complexity index is 1000. The van der Waals surface area contributed by atoms with Crippen molar-refractivity contribution >= 4 is 27.6 Å². The van der Waals surface area contributed by atoms with Gasteiger partial charge < -0.3 is 14.8 Å². The summed E-state index contributed by atoms with van der Waals surface area (Å²) in [6.07, 6.45) is 1.07. The zero-order chi connectivity index (χ0) is 23.1. The summed E-state index contributed by atoms with van der Waals surface area (Å²) < 4.78 is 37.9. The molecule has 0 radical (unpaired) electrons. The molecular weight excluding hydrogens is 420 g/mol. The molecule has 8 nitrogen and oxygen atoms in total. The molecule has 168 valence electrons. The quantitative estimate of drug-likeness (QED) is 0.539. The zero-order valence-corrected chi connectivity index (χ0v) is 18.9. The van der Waals surface area contributed by atoms with Crippen molar-refractivity contribution in [3.8, 4) is 5.75 Å². The van der Waals surface area contributed by atoms with Gasteiger partial charge in [0.25, 0.3) is 15.9 Å². The molecule has 0 spiro atoms. The van der Waals surface area contributed by atoms with Crippen molar-refractivity contribution in [3.05, 3.63) is 54.1 Å². The molecule has 0 aromatic heterocycles. The number of hydrogen-bond acceptors (Lipinski definition) is 6. The number of esters is 1. The summed E-state index contributed by atoms with van der Waals surface area (Å²) >= 11 is 0. The maximum absolute atomic E-state index is 12.6. The number of sulfonamides is 1. The molecule has 0 aliphatic carbocycles. The average Bonchev–Trinajstić information content (AvgIpc) is 2.74. The molecule has 2 aromatic rings. The standard InChI is InChI=1S/C22H28N2O6S/c1-5-15-22(3,21(26)29-4)23-20(25)16-7-13-19(14-8-16)31(27,28)24-17-9-11-18(12-10-17)30-6-2/h7-14,24H,5-6,15H2,1-4H3,(H,23,25). The minimum absolute atomic E-state index is 0.00206. The van der Waals surface area contributed by atoms with Crippen LogP contribution in [0.4, 0.5) is 5.69 Å². The van der Waals surface area contributed by atoms with E-state index in [9.17, 15) is 18.0 Å². The molecule has 0 saturated heterocycles. The molecule has 0 fully saturated rings. The molecular formula is C22H28N2O6S. The average molecular weight is 449 g/mol. The number of anilines is 1. The third-order valence-electron chi connectivity index (χ3n) is 4.62. The number of methoxy groups -OCH3 is 1. The van der Waals surface area contributed by atoms with Gasteiger partial charge in [0.2, 0.25) is 0 Å². The normalized spacial score (nSPS) is 13.0. The highest BCUT2D eigenvalue weighted by Gasteiger charge is 2.35. The van der Waals surface area contributed by atoms with Gasteiger partial charge in [-0.15, -0.1) is 0 Å². The highest BCUT2D eigenvalue weighted by atomic mass is 32.2. The number of amides is 1. The van der Waals surface area contributed by atoms with Crippen molar-refractivity contribution in [3.63, 3.8) is 0 Å². The van der Waals surface area contributed by atoms with Crippen molar-refractivity contribution in [1.29, 1.82) is 0 Å². The van der Waals surface area contributed by atoms with Crippen molar-refractivity contribution < 1.29 is 27.5 Å². The first-order valence-corrected chi connectivity index (χ1v) is 11.4. The number of benzene rings is 2. The summed E-state index contributed by atoms with van der Waals surface area (Å²) in [4.78, 5) is 24.7. The Morgan fingerprint density at radius 3 is 2.13 bits per heavy atom. The van der Waals surface area contributed by atoms with E-state index in [1.807, 2.05) is 13.8 Å². The Morgan fingerprint density at radius 1 is 1.00 bits per heavy atom. The lowest BCUT2D eigenvalue weighted by Gasteiger charge is -2.27. The first-order valence-electron chi connectivity index (χ1n) is 9.92. The molecule has 0 aliphatic heterocycles. The van der Waals surface area contributed by atoms with Crippen LogP contribution in [-0.2, 0) is 19.6 Å². The summed E-state index contributed by atoms with van der Waals surface area (Å²) in [6, 6.07) is 12.0.